The normalized spacial score (nSPS) is 13.8. The first-order valence-corrected chi connectivity index (χ1v) is 17.6. The Morgan fingerprint density at radius 2 is 0.873 bits per heavy atom. The Morgan fingerprint density at radius 3 is 1.47 bits per heavy atom. The molecule has 2 heterocycles. The second kappa shape index (κ2) is 13.8. The first-order valence-electron chi connectivity index (χ1n) is 22.6. The molecule has 4 heteroatoms. The number of aromatic nitrogens is 3. The van der Waals surface area contributed by atoms with E-state index >= 15 is 0 Å². The maximum Gasteiger partial charge on any atom is 0.164 e. The standard InChI is InChI=1S/C51H33N3O/c1-5-16-34(17-6-1)38-24-13-26-40(30-38)49-52-50(41-27-14-25-39(31-41)35-18-7-2-8-19-35)54-51(53-49)43-28-15-29-46-47(43)45-33-42(36-20-9-3-10-21-36)32-44(48(45)55-46)37-22-11-4-12-23-37/h1-33H/i3D,4D,9D,10D,11D,12D,20D,21D,22D,23D. The molecule has 0 amide bonds. The molecule has 258 valence electrons. The number of hydrogen-bond acceptors (Lipinski definition) is 4. The summed E-state index contributed by atoms with van der Waals surface area (Å²) in [5.41, 5.74) is 6.26. The summed E-state index contributed by atoms with van der Waals surface area (Å²) in [7, 11) is 0. The molecule has 0 aliphatic carbocycles. The van der Waals surface area contributed by atoms with Crippen LogP contribution < -0.4 is 0 Å². The summed E-state index contributed by atoms with van der Waals surface area (Å²) in [6, 6.07) is 38.8. The molecular formula is C51H33N3O. The summed E-state index contributed by atoms with van der Waals surface area (Å²) in [5.74, 6) is 1.04. The highest BCUT2D eigenvalue weighted by Gasteiger charge is 2.21. The maximum absolute atomic E-state index is 8.97. The molecule has 2 aromatic heterocycles. The third-order valence-corrected chi connectivity index (χ3v) is 9.49. The SMILES string of the molecule is [2H]c1c([2H])c([2H])c(-c2cc(-c3c([2H])c([2H])c([2H])c([2H])c3[2H])c3oc4cccc(-c5nc(-c6cccc(-c7ccccc7)c6)nc(-c6cccc(-c7ccccc7)c6)n5)c4c3c2)c([2H])c1[2H]. The molecule has 10 aromatic rings. The van der Waals surface area contributed by atoms with Crippen LogP contribution in [0.25, 0.3) is 101 Å². The second-order valence-corrected chi connectivity index (χ2v) is 12.9. The van der Waals surface area contributed by atoms with E-state index in [0.717, 1.165) is 33.4 Å². The van der Waals surface area contributed by atoms with Gasteiger partial charge in [0.1, 0.15) is 11.2 Å². The average molecular weight is 714 g/mol. The van der Waals surface area contributed by atoms with E-state index in [-0.39, 0.29) is 33.7 Å². The quantitative estimate of drug-likeness (QED) is 0.165. The fourth-order valence-electron chi connectivity index (χ4n) is 6.92. The van der Waals surface area contributed by atoms with E-state index in [0.29, 0.717) is 33.6 Å². The van der Waals surface area contributed by atoms with Gasteiger partial charge in [0.05, 0.1) is 13.7 Å². The molecule has 0 atom stereocenters. The molecule has 0 radical (unpaired) electrons. The van der Waals surface area contributed by atoms with Gasteiger partial charge < -0.3 is 4.42 Å². The molecule has 55 heavy (non-hydrogen) atoms. The van der Waals surface area contributed by atoms with Crippen molar-refractivity contribution < 1.29 is 18.1 Å². The van der Waals surface area contributed by atoms with Crippen molar-refractivity contribution in [3.63, 3.8) is 0 Å². The largest absolute Gasteiger partial charge is 0.455 e. The molecule has 0 aliphatic rings. The van der Waals surface area contributed by atoms with Gasteiger partial charge in [-0.3, -0.25) is 0 Å². The topological polar surface area (TPSA) is 51.8 Å². The lowest BCUT2D eigenvalue weighted by Crippen LogP contribution is -2.00. The van der Waals surface area contributed by atoms with Crippen LogP contribution in [0.3, 0.4) is 0 Å². The number of fused-ring (bicyclic) bond motifs is 3. The zero-order valence-electron chi connectivity index (χ0n) is 39.0. The van der Waals surface area contributed by atoms with Gasteiger partial charge in [-0.05, 0) is 69.3 Å². The Hall–Kier alpha value is -7.43. The summed E-state index contributed by atoms with van der Waals surface area (Å²) >= 11 is 0. The Kier molecular flexibility index (Phi) is 5.86. The minimum atomic E-state index is -0.585. The van der Waals surface area contributed by atoms with Gasteiger partial charge in [-0.15, -0.1) is 0 Å². The van der Waals surface area contributed by atoms with Gasteiger partial charge in [0, 0.05) is 33.0 Å². The van der Waals surface area contributed by atoms with Crippen LogP contribution in [0.5, 0.6) is 0 Å². The van der Waals surface area contributed by atoms with Crippen molar-refractivity contribution in [1.29, 1.82) is 0 Å². The number of benzene rings is 8. The summed E-state index contributed by atoms with van der Waals surface area (Å²) < 4.78 is 92.9. The van der Waals surface area contributed by atoms with Crippen molar-refractivity contribution in [3.05, 3.63) is 200 Å². The van der Waals surface area contributed by atoms with Gasteiger partial charge >= 0.3 is 0 Å². The third kappa shape index (κ3) is 6.16. The molecule has 10 rings (SSSR count). The van der Waals surface area contributed by atoms with Crippen LogP contribution in [-0.4, -0.2) is 15.0 Å². The lowest BCUT2D eigenvalue weighted by atomic mass is 9.95. The van der Waals surface area contributed by atoms with E-state index in [1.807, 2.05) is 115 Å². The zero-order valence-corrected chi connectivity index (χ0v) is 29.0. The molecule has 0 aliphatic heterocycles. The fourth-order valence-corrected chi connectivity index (χ4v) is 6.92. The number of nitrogens with zero attached hydrogens (tertiary/aromatic N) is 3. The first-order chi connectivity index (χ1) is 31.4. The minimum absolute atomic E-state index is 0.0657. The van der Waals surface area contributed by atoms with Crippen LogP contribution in [0.15, 0.2) is 204 Å². The monoisotopic (exact) mass is 713 g/mol. The third-order valence-electron chi connectivity index (χ3n) is 9.49. The second-order valence-electron chi connectivity index (χ2n) is 12.9. The van der Waals surface area contributed by atoms with E-state index in [1.165, 1.54) is 6.07 Å². The Morgan fingerprint density at radius 1 is 0.364 bits per heavy atom. The lowest BCUT2D eigenvalue weighted by Gasteiger charge is -2.11. The average Bonchev–Trinajstić information content (AvgIpc) is 3.73. The number of rotatable bonds is 7. The van der Waals surface area contributed by atoms with E-state index in [4.69, 9.17) is 33.1 Å². The molecule has 0 N–H and O–H groups in total. The van der Waals surface area contributed by atoms with E-state index < -0.39 is 60.4 Å². The molecule has 0 spiro atoms. The van der Waals surface area contributed by atoms with Crippen LogP contribution in [0.2, 0.25) is 0 Å². The molecule has 0 fully saturated rings. The first kappa shape index (κ1) is 23.3. The Bertz CT molecular complexity index is 3400. The van der Waals surface area contributed by atoms with Crippen molar-refractivity contribution in [3.8, 4) is 78.7 Å². The van der Waals surface area contributed by atoms with Gasteiger partial charge in [0.25, 0.3) is 0 Å². The molecule has 8 aromatic carbocycles. The molecule has 0 bridgehead atoms. The summed E-state index contributed by atoms with van der Waals surface area (Å²) in [6.07, 6.45) is 0. The van der Waals surface area contributed by atoms with Crippen LogP contribution in [0.1, 0.15) is 13.7 Å². The van der Waals surface area contributed by atoms with Crippen LogP contribution >= 0.6 is 0 Å². The predicted octanol–water partition coefficient (Wildman–Crippen LogP) is 13.4. The fraction of sp³-hybridized carbons (Fsp3) is 0. The van der Waals surface area contributed by atoms with Crippen molar-refractivity contribution in [2.24, 2.45) is 0 Å². The predicted molar refractivity (Wildman–Crippen MR) is 225 cm³/mol. The Labute approximate surface area is 333 Å². The van der Waals surface area contributed by atoms with Crippen molar-refractivity contribution >= 4 is 21.9 Å². The number of furan rings is 1. The number of hydrogen-bond donors (Lipinski definition) is 0. The highest BCUT2D eigenvalue weighted by molar-refractivity contribution is 6.16. The minimum Gasteiger partial charge on any atom is -0.455 e. The molecular weight excluding hydrogens is 671 g/mol. The van der Waals surface area contributed by atoms with Crippen LogP contribution in [0.4, 0.5) is 0 Å². The summed E-state index contributed by atoms with van der Waals surface area (Å²) in [4.78, 5) is 15.3. The van der Waals surface area contributed by atoms with Gasteiger partial charge in [0.2, 0.25) is 0 Å². The van der Waals surface area contributed by atoms with E-state index in [9.17, 15) is 0 Å². The molecule has 0 saturated carbocycles. The highest BCUT2D eigenvalue weighted by atomic mass is 16.3. The van der Waals surface area contributed by atoms with Gasteiger partial charge in [-0.2, -0.15) is 0 Å². The van der Waals surface area contributed by atoms with E-state index in [2.05, 4.69) is 0 Å². The summed E-state index contributed by atoms with van der Waals surface area (Å²) in [6.45, 7) is 0. The van der Waals surface area contributed by atoms with Crippen molar-refractivity contribution in [1.82, 2.24) is 15.0 Å². The van der Waals surface area contributed by atoms with Gasteiger partial charge in [0.15, 0.2) is 17.5 Å². The highest BCUT2D eigenvalue weighted by Crippen LogP contribution is 2.43. The maximum atomic E-state index is 8.97. The van der Waals surface area contributed by atoms with Crippen molar-refractivity contribution in [2.75, 3.05) is 0 Å². The Balaban J connectivity index is 1.28. The lowest BCUT2D eigenvalue weighted by molar-refractivity contribution is 0.670. The van der Waals surface area contributed by atoms with Gasteiger partial charge in [-0.1, -0.05) is 170 Å². The van der Waals surface area contributed by atoms with Crippen LogP contribution in [0, 0.1) is 0 Å². The van der Waals surface area contributed by atoms with Crippen LogP contribution in [-0.2, 0) is 0 Å². The smallest absolute Gasteiger partial charge is 0.164 e. The molecule has 0 unspecified atom stereocenters. The summed E-state index contributed by atoms with van der Waals surface area (Å²) in [5, 5.41) is 0.840. The van der Waals surface area contributed by atoms with E-state index in [1.54, 1.807) is 18.2 Å². The molecule has 4 nitrogen and oxygen atoms in total. The van der Waals surface area contributed by atoms with Crippen molar-refractivity contribution in [2.45, 2.75) is 0 Å². The zero-order chi connectivity index (χ0) is 45.3. The molecule has 0 saturated heterocycles. The van der Waals surface area contributed by atoms with Gasteiger partial charge in [-0.25, -0.2) is 15.0 Å².